The molecule has 1 atom stereocenters. The Morgan fingerprint density at radius 1 is 1.45 bits per heavy atom. The van der Waals surface area contributed by atoms with Gasteiger partial charge in [0.1, 0.15) is 17.4 Å². The summed E-state index contributed by atoms with van der Waals surface area (Å²) < 4.78 is 5.63. The molecule has 22 heavy (non-hydrogen) atoms. The normalized spacial score (nSPS) is 16.9. The van der Waals surface area contributed by atoms with Crippen LogP contribution in [0.1, 0.15) is 28.5 Å². The number of nitrogens with zero attached hydrogens (tertiary/aromatic N) is 3. The van der Waals surface area contributed by atoms with E-state index in [1.807, 2.05) is 6.92 Å². The summed E-state index contributed by atoms with van der Waals surface area (Å²) in [5.74, 6) is 0.0307. The third-order valence-corrected chi connectivity index (χ3v) is 3.72. The van der Waals surface area contributed by atoms with E-state index in [2.05, 4.69) is 15.2 Å². The molecule has 1 N–H and O–H groups in total. The van der Waals surface area contributed by atoms with Crippen LogP contribution in [0.25, 0.3) is 0 Å². The van der Waals surface area contributed by atoms with Crippen molar-refractivity contribution in [2.75, 3.05) is 11.4 Å². The van der Waals surface area contributed by atoms with Crippen molar-refractivity contribution in [2.45, 2.75) is 26.9 Å². The van der Waals surface area contributed by atoms with Gasteiger partial charge in [-0.25, -0.2) is 10.1 Å². The number of aromatic amines is 1. The van der Waals surface area contributed by atoms with Crippen molar-refractivity contribution in [3.63, 3.8) is 0 Å². The first-order chi connectivity index (χ1) is 10.5. The van der Waals surface area contributed by atoms with Gasteiger partial charge in [0, 0.05) is 6.20 Å². The second-order valence-corrected chi connectivity index (χ2v) is 5.31. The van der Waals surface area contributed by atoms with E-state index >= 15 is 0 Å². The van der Waals surface area contributed by atoms with Crippen molar-refractivity contribution in [1.29, 1.82) is 0 Å². The minimum absolute atomic E-state index is 0.108. The van der Waals surface area contributed by atoms with Gasteiger partial charge in [-0.05, 0) is 38.5 Å². The zero-order valence-corrected chi connectivity index (χ0v) is 12.6. The molecular weight excluding hydrogens is 284 g/mol. The average Bonchev–Trinajstić information content (AvgIpc) is 2.50. The number of rotatable bonds is 1. The van der Waals surface area contributed by atoms with Crippen LogP contribution in [-0.2, 0) is 0 Å². The Morgan fingerprint density at radius 2 is 2.23 bits per heavy atom. The summed E-state index contributed by atoms with van der Waals surface area (Å²) in [5.41, 5.74) is 1.39. The number of aromatic nitrogens is 3. The molecule has 0 aliphatic carbocycles. The van der Waals surface area contributed by atoms with Gasteiger partial charge in [0.25, 0.3) is 11.5 Å². The maximum absolute atomic E-state index is 12.9. The first-order valence-electron chi connectivity index (χ1n) is 6.98. The molecule has 1 amide bonds. The molecule has 2 aromatic rings. The number of pyridine rings is 1. The molecule has 0 radical (unpaired) electrons. The van der Waals surface area contributed by atoms with E-state index in [-0.39, 0.29) is 17.6 Å². The number of ether oxygens (including phenoxy) is 1. The minimum Gasteiger partial charge on any atom is -0.471 e. The van der Waals surface area contributed by atoms with Crippen LogP contribution in [0.2, 0.25) is 0 Å². The first-order valence-corrected chi connectivity index (χ1v) is 6.98. The number of hydrogen-bond acceptors (Lipinski definition) is 5. The number of nitrogens with one attached hydrogen (secondary N) is 1. The van der Waals surface area contributed by atoms with Crippen molar-refractivity contribution in [1.82, 2.24) is 15.2 Å². The fourth-order valence-electron chi connectivity index (χ4n) is 2.47. The van der Waals surface area contributed by atoms with Crippen LogP contribution >= 0.6 is 0 Å². The maximum Gasteiger partial charge on any atom is 0.277 e. The summed E-state index contributed by atoms with van der Waals surface area (Å²) in [7, 11) is 0. The monoisotopic (exact) mass is 300 g/mol. The first kappa shape index (κ1) is 14.2. The van der Waals surface area contributed by atoms with Crippen molar-refractivity contribution >= 4 is 11.6 Å². The van der Waals surface area contributed by atoms with Gasteiger partial charge in [-0.3, -0.25) is 14.5 Å². The number of H-pyrrole nitrogens is 1. The van der Waals surface area contributed by atoms with Gasteiger partial charge in [-0.2, -0.15) is 5.10 Å². The molecule has 2 aromatic heterocycles. The summed E-state index contributed by atoms with van der Waals surface area (Å²) in [4.78, 5) is 30.6. The van der Waals surface area contributed by atoms with Crippen LogP contribution in [0.5, 0.6) is 5.88 Å². The standard InChI is InChI=1S/C15H16N4O3/c1-8-7-19(11-5-4-6-16-14(11)22-8)15(21)12-9(2)10(3)17-18-13(12)20/h4-6,8H,7H2,1-3H3,(H,18,20)/t8-/m1/s1. The number of aryl methyl sites for hydroxylation is 1. The van der Waals surface area contributed by atoms with E-state index < -0.39 is 5.56 Å². The number of anilines is 1. The Morgan fingerprint density at radius 3 is 3.00 bits per heavy atom. The Kier molecular flexibility index (Phi) is 3.40. The van der Waals surface area contributed by atoms with Crippen molar-refractivity contribution in [2.24, 2.45) is 0 Å². The van der Waals surface area contributed by atoms with Crippen LogP contribution in [0.3, 0.4) is 0 Å². The third kappa shape index (κ3) is 2.24. The Balaban J connectivity index is 2.11. The number of fused-ring (bicyclic) bond motifs is 1. The van der Waals surface area contributed by atoms with Gasteiger partial charge in [-0.1, -0.05) is 0 Å². The maximum atomic E-state index is 12.9. The van der Waals surface area contributed by atoms with Crippen LogP contribution < -0.4 is 15.2 Å². The molecule has 1 aliphatic heterocycles. The minimum atomic E-state index is -0.488. The lowest BCUT2D eigenvalue weighted by Gasteiger charge is -2.32. The van der Waals surface area contributed by atoms with E-state index in [9.17, 15) is 9.59 Å². The molecule has 0 bridgehead atoms. The van der Waals surface area contributed by atoms with E-state index in [1.165, 1.54) is 4.90 Å². The van der Waals surface area contributed by atoms with Crippen LogP contribution in [0.4, 0.5) is 5.69 Å². The second kappa shape index (κ2) is 5.25. The van der Waals surface area contributed by atoms with Crippen LogP contribution in [-0.4, -0.2) is 33.7 Å². The van der Waals surface area contributed by atoms with E-state index in [0.717, 1.165) is 0 Å². The molecule has 3 rings (SSSR count). The molecule has 0 spiro atoms. The van der Waals surface area contributed by atoms with Gasteiger partial charge in [0.05, 0.1) is 12.2 Å². The summed E-state index contributed by atoms with van der Waals surface area (Å²) in [5, 5.41) is 6.24. The second-order valence-electron chi connectivity index (χ2n) is 5.31. The predicted molar refractivity (Wildman–Crippen MR) is 80.3 cm³/mol. The van der Waals surface area contributed by atoms with Crippen LogP contribution in [0.15, 0.2) is 23.1 Å². The van der Waals surface area contributed by atoms with Crippen molar-refractivity contribution in [3.8, 4) is 5.88 Å². The molecule has 1 aliphatic rings. The highest BCUT2D eigenvalue weighted by molar-refractivity contribution is 6.07. The number of carbonyl (C=O) groups is 1. The van der Waals surface area contributed by atoms with Crippen molar-refractivity contribution < 1.29 is 9.53 Å². The van der Waals surface area contributed by atoms with E-state index in [0.29, 0.717) is 29.4 Å². The van der Waals surface area contributed by atoms with Gasteiger partial charge in [0.15, 0.2) is 0 Å². The average molecular weight is 300 g/mol. The van der Waals surface area contributed by atoms with E-state index in [1.54, 1.807) is 32.2 Å². The summed E-state index contributed by atoms with van der Waals surface area (Å²) in [6.07, 6.45) is 1.41. The Hall–Kier alpha value is -2.70. The van der Waals surface area contributed by atoms with Gasteiger partial charge >= 0.3 is 0 Å². The summed E-state index contributed by atoms with van der Waals surface area (Å²) >= 11 is 0. The molecule has 0 fully saturated rings. The lowest BCUT2D eigenvalue weighted by Crippen LogP contribution is -2.44. The molecule has 7 nitrogen and oxygen atoms in total. The SMILES string of the molecule is Cc1n[nH]c(=O)c(C(=O)N2C[C@@H](C)Oc3ncccc32)c1C. The van der Waals surface area contributed by atoms with Gasteiger partial charge < -0.3 is 4.74 Å². The quantitative estimate of drug-likeness (QED) is 0.855. The van der Waals surface area contributed by atoms with Crippen molar-refractivity contribution in [3.05, 3.63) is 45.5 Å². The fourth-order valence-corrected chi connectivity index (χ4v) is 2.47. The Bertz CT molecular complexity index is 800. The topological polar surface area (TPSA) is 88.2 Å². The number of amides is 1. The largest absolute Gasteiger partial charge is 0.471 e. The highest BCUT2D eigenvalue weighted by atomic mass is 16.5. The molecule has 0 saturated carbocycles. The number of hydrogen-bond donors (Lipinski definition) is 1. The molecule has 3 heterocycles. The number of carbonyl (C=O) groups excluding carboxylic acids is 1. The Labute approximate surface area is 126 Å². The lowest BCUT2D eigenvalue weighted by molar-refractivity contribution is 0.0956. The van der Waals surface area contributed by atoms with Gasteiger partial charge in [0.2, 0.25) is 5.88 Å². The summed E-state index contributed by atoms with van der Waals surface area (Å²) in [6.45, 7) is 5.68. The zero-order chi connectivity index (χ0) is 15.9. The predicted octanol–water partition coefficient (Wildman–Crippen LogP) is 1.21. The van der Waals surface area contributed by atoms with Gasteiger partial charge in [-0.15, -0.1) is 0 Å². The molecule has 0 saturated heterocycles. The molecular formula is C15H16N4O3. The van der Waals surface area contributed by atoms with Crippen LogP contribution in [0, 0.1) is 13.8 Å². The lowest BCUT2D eigenvalue weighted by atomic mass is 10.1. The highest BCUT2D eigenvalue weighted by Gasteiger charge is 2.31. The fraction of sp³-hybridized carbons (Fsp3) is 0.333. The highest BCUT2D eigenvalue weighted by Crippen LogP contribution is 2.31. The third-order valence-electron chi connectivity index (χ3n) is 3.72. The smallest absolute Gasteiger partial charge is 0.277 e. The van der Waals surface area contributed by atoms with E-state index in [4.69, 9.17) is 4.74 Å². The summed E-state index contributed by atoms with van der Waals surface area (Å²) in [6, 6.07) is 3.48. The molecule has 0 aromatic carbocycles. The molecule has 7 heteroatoms. The molecule has 0 unspecified atom stereocenters. The zero-order valence-electron chi connectivity index (χ0n) is 12.6. The molecule has 114 valence electrons.